The predicted octanol–water partition coefficient (Wildman–Crippen LogP) is 3.69. The van der Waals surface area contributed by atoms with E-state index in [-0.39, 0.29) is 17.6 Å². The third-order valence-corrected chi connectivity index (χ3v) is 4.18. The number of hydrazone groups is 1. The standard InChI is InChI=1S/C22H24N4O3/c23-15-17-11-13-18(14-12-17)16-24-26-22(29)10-4-2-1-3-9-21(28)25-19-7-5-6-8-20(19)27/h5-8,11-14,16,27H,1-4,9-10H2,(H,25,28)(H,26,29)/b24-16+. The predicted molar refractivity (Wildman–Crippen MR) is 111 cm³/mol. The molecule has 7 heteroatoms. The maximum Gasteiger partial charge on any atom is 0.240 e. The third-order valence-electron chi connectivity index (χ3n) is 4.18. The van der Waals surface area contributed by atoms with Crippen molar-refractivity contribution in [1.82, 2.24) is 5.43 Å². The summed E-state index contributed by atoms with van der Waals surface area (Å²) in [7, 11) is 0. The average molecular weight is 392 g/mol. The molecule has 2 rings (SSSR count). The lowest BCUT2D eigenvalue weighted by atomic mass is 10.1. The summed E-state index contributed by atoms with van der Waals surface area (Å²) in [6.45, 7) is 0. The Bertz CT molecular complexity index is 886. The number of anilines is 1. The number of hydrogen-bond acceptors (Lipinski definition) is 5. The summed E-state index contributed by atoms with van der Waals surface area (Å²) in [4.78, 5) is 23.6. The molecular formula is C22H24N4O3. The second-order valence-electron chi connectivity index (χ2n) is 6.51. The molecule has 0 atom stereocenters. The Hall–Kier alpha value is -3.66. The van der Waals surface area contributed by atoms with Gasteiger partial charge in [-0.2, -0.15) is 10.4 Å². The van der Waals surface area contributed by atoms with Crippen molar-refractivity contribution in [3.05, 3.63) is 59.7 Å². The van der Waals surface area contributed by atoms with Crippen LogP contribution < -0.4 is 10.7 Å². The van der Waals surface area contributed by atoms with Crippen molar-refractivity contribution < 1.29 is 14.7 Å². The van der Waals surface area contributed by atoms with Crippen LogP contribution in [0.1, 0.15) is 49.7 Å². The minimum atomic E-state index is -0.160. The summed E-state index contributed by atoms with van der Waals surface area (Å²) in [6, 6.07) is 15.5. The van der Waals surface area contributed by atoms with Gasteiger partial charge < -0.3 is 10.4 Å². The molecular weight excluding hydrogens is 368 g/mol. The Morgan fingerprint density at radius 2 is 1.62 bits per heavy atom. The highest BCUT2D eigenvalue weighted by Gasteiger charge is 2.05. The summed E-state index contributed by atoms with van der Waals surface area (Å²) in [6.07, 6.45) is 5.40. The van der Waals surface area contributed by atoms with Gasteiger partial charge in [0.1, 0.15) is 5.75 Å². The normalized spacial score (nSPS) is 10.4. The quantitative estimate of drug-likeness (QED) is 0.247. The maximum atomic E-state index is 11.9. The molecule has 2 aromatic carbocycles. The van der Waals surface area contributed by atoms with Crippen LogP contribution in [0.4, 0.5) is 5.69 Å². The van der Waals surface area contributed by atoms with Crippen LogP contribution in [0.3, 0.4) is 0 Å². The zero-order valence-electron chi connectivity index (χ0n) is 16.1. The SMILES string of the molecule is N#Cc1ccc(/C=N/NC(=O)CCCCCCC(=O)Nc2ccccc2O)cc1. The largest absolute Gasteiger partial charge is 0.506 e. The second-order valence-corrected chi connectivity index (χ2v) is 6.51. The highest BCUT2D eigenvalue weighted by Crippen LogP contribution is 2.21. The lowest BCUT2D eigenvalue weighted by Crippen LogP contribution is -2.16. The van der Waals surface area contributed by atoms with Crippen LogP contribution in [0.25, 0.3) is 0 Å². The van der Waals surface area contributed by atoms with Crippen molar-refractivity contribution in [3.63, 3.8) is 0 Å². The number of nitriles is 1. The molecule has 3 N–H and O–H groups in total. The molecule has 7 nitrogen and oxygen atoms in total. The smallest absolute Gasteiger partial charge is 0.240 e. The first-order valence-corrected chi connectivity index (χ1v) is 9.48. The summed E-state index contributed by atoms with van der Waals surface area (Å²) >= 11 is 0. The molecule has 2 amide bonds. The number of nitrogens with zero attached hydrogens (tertiary/aromatic N) is 2. The molecule has 0 aliphatic carbocycles. The van der Waals surface area contributed by atoms with Crippen molar-refractivity contribution in [2.24, 2.45) is 5.10 Å². The van der Waals surface area contributed by atoms with Crippen LogP contribution in [0.15, 0.2) is 53.6 Å². The summed E-state index contributed by atoms with van der Waals surface area (Å²) in [5.74, 6) is -0.248. The minimum Gasteiger partial charge on any atom is -0.506 e. The number of phenolic OH excluding ortho intramolecular Hbond substituents is 1. The number of para-hydroxylation sites is 2. The molecule has 0 heterocycles. The summed E-state index contributed by atoms with van der Waals surface area (Å²) < 4.78 is 0. The minimum absolute atomic E-state index is 0.0497. The van der Waals surface area contributed by atoms with Gasteiger partial charge in [0.25, 0.3) is 0 Å². The van der Waals surface area contributed by atoms with Gasteiger partial charge >= 0.3 is 0 Å². The number of unbranched alkanes of at least 4 members (excludes halogenated alkanes) is 3. The highest BCUT2D eigenvalue weighted by molar-refractivity contribution is 5.92. The molecule has 0 saturated heterocycles. The van der Waals surface area contributed by atoms with Gasteiger partial charge in [-0.15, -0.1) is 0 Å². The number of rotatable bonds is 10. The number of amides is 2. The molecule has 29 heavy (non-hydrogen) atoms. The molecule has 0 radical (unpaired) electrons. The first kappa shape index (κ1) is 21.6. The molecule has 0 spiro atoms. The molecule has 0 aliphatic rings. The van der Waals surface area contributed by atoms with Crippen LogP contribution in [-0.2, 0) is 9.59 Å². The molecule has 0 aliphatic heterocycles. The van der Waals surface area contributed by atoms with E-state index in [4.69, 9.17) is 5.26 Å². The average Bonchev–Trinajstić information content (AvgIpc) is 2.73. The van der Waals surface area contributed by atoms with Gasteiger partial charge in [-0.05, 0) is 42.7 Å². The Morgan fingerprint density at radius 3 is 2.28 bits per heavy atom. The van der Waals surface area contributed by atoms with Crippen LogP contribution >= 0.6 is 0 Å². The summed E-state index contributed by atoms with van der Waals surface area (Å²) in [5, 5.41) is 24.9. The molecule has 0 unspecified atom stereocenters. The van der Waals surface area contributed by atoms with Crippen LogP contribution in [0.5, 0.6) is 5.75 Å². The zero-order valence-corrected chi connectivity index (χ0v) is 16.1. The van der Waals surface area contributed by atoms with E-state index in [1.165, 1.54) is 12.3 Å². The molecule has 2 aromatic rings. The van der Waals surface area contributed by atoms with E-state index in [9.17, 15) is 14.7 Å². The Balaban J connectivity index is 1.54. The topological polar surface area (TPSA) is 115 Å². The molecule has 0 aromatic heterocycles. The van der Waals surface area contributed by atoms with E-state index in [0.717, 1.165) is 31.2 Å². The van der Waals surface area contributed by atoms with E-state index in [0.29, 0.717) is 24.1 Å². The fraction of sp³-hybridized carbons (Fsp3) is 0.273. The second kappa shape index (κ2) is 11.9. The summed E-state index contributed by atoms with van der Waals surface area (Å²) in [5.41, 5.74) is 4.26. The number of carbonyl (C=O) groups is 2. The third kappa shape index (κ3) is 8.26. The lowest BCUT2D eigenvalue weighted by Gasteiger charge is -2.06. The fourth-order valence-electron chi connectivity index (χ4n) is 2.60. The number of nitrogens with one attached hydrogen (secondary N) is 2. The van der Waals surface area contributed by atoms with Crippen LogP contribution in [0, 0.1) is 11.3 Å². The van der Waals surface area contributed by atoms with Gasteiger partial charge in [0.15, 0.2) is 0 Å². The molecule has 150 valence electrons. The first-order chi connectivity index (χ1) is 14.1. The van der Waals surface area contributed by atoms with Crippen molar-refractivity contribution in [3.8, 4) is 11.8 Å². The highest BCUT2D eigenvalue weighted by atomic mass is 16.3. The first-order valence-electron chi connectivity index (χ1n) is 9.48. The monoisotopic (exact) mass is 392 g/mol. The van der Waals surface area contributed by atoms with Gasteiger partial charge in [-0.1, -0.05) is 37.1 Å². The van der Waals surface area contributed by atoms with E-state index in [1.54, 1.807) is 42.5 Å². The Labute approximate surface area is 170 Å². The van der Waals surface area contributed by atoms with E-state index in [2.05, 4.69) is 15.8 Å². The zero-order chi connectivity index (χ0) is 20.9. The van der Waals surface area contributed by atoms with Gasteiger partial charge in [0.2, 0.25) is 11.8 Å². The Morgan fingerprint density at radius 1 is 0.966 bits per heavy atom. The van der Waals surface area contributed by atoms with Gasteiger partial charge in [-0.25, -0.2) is 5.43 Å². The van der Waals surface area contributed by atoms with Crippen LogP contribution in [0.2, 0.25) is 0 Å². The molecule has 0 saturated carbocycles. The van der Waals surface area contributed by atoms with Crippen molar-refractivity contribution in [1.29, 1.82) is 5.26 Å². The van der Waals surface area contributed by atoms with Crippen molar-refractivity contribution >= 4 is 23.7 Å². The number of carbonyl (C=O) groups excluding carboxylic acids is 2. The fourth-order valence-corrected chi connectivity index (χ4v) is 2.60. The van der Waals surface area contributed by atoms with E-state index < -0.39 is 0 Å². The molecule has 0 fully saturated rings. The number of phenols is 1. The molecule has 0 bridgehead atoms. The number of aromatic hydroxyl groups is 1. The maximum absolute atomic E-state index is 11.9. The lowest BCUT2D eigenvalue weighted by molar-refractivity contribution is -0.121. The van der Waals surface area contributed by atoms with Gasteiger partial charge in [-0.3, -0.25) is 9.59 Å². The Kier molecular flexibility index (Phi) is 8.90. The number of benzene rings is 2. The van der Waals surface area contributed by atoms with E-state index >= 15 is 0 Å². The van der Waals surface area contributed by atoms with Gasteiger partial charge in [0.05, 0.1) is 23.5 Å². The number of hydrogen-bond donors (Lipinski definition) is 3. The van der Waals surface area contributed by atoms with Crippen molar-refractivity contribution in [2.75, 3.05) is 5.32 Å². The van der Waals surface area contributed by atoms with E-state index in [1.807, 2.05) is 6.07 Å². The van der Waals surface area contributed by atoms with Crippen LogP contribution in [-0.4, -0.2) is 23.1 Å². The van der Waals surface area contributed by atoms with Gasteiger partial charge in [0, 0.05) is 12.8 Å². The van der Waals surface area contributed by atoms with Crippen molar-refractivity contribution in [2.45, 2.75) is 38.5 Å².